The molecule has 0 saturated carbocycles. The van der Waals surface area contributed by atoms with Crippen LogP contribution in [0.2, 0.25) is 0 Å². The molecule has 1 atom stereocenters. The Morgan fingerprint density at radius 3 is 2.24 bits per heavy atom. The summed E-state index contributed by atoms with van der Waals surface area (Å²) in [5.74, 6) is 0.824. The quantitative estimate of drug-likeness (QED) is 0.546. The Bertz CT molecular complexity index is 448. The predicted octanol–water partition coefficient (Wildman–Crippen LogP) is 4.49. The van der Waals surface area contributed by atoms with E-state index in [1.54, 1.807) is 7.11 Å². The first-order valence-electron chi connectivity index (χ1n) is 8.01. The van der Waals surface area contributed by atoms with Crippen LogP contribution in [0.5, 0.6) is 0 Å². The SMILES string of the molecule is CCCN(CC)C(CC)C(=Nc1c(C)cccc1C)OC. The zero-order valence-corrected chi connectivity index (χ0v) is 14.4. The van der Waals surface area contributed by atoms with Gasteiger partial charge in [-0.05, 0) is 50.9 Å². The maximum Gasteiger partial charge on any atom is 0.206 e. The van der Waals surface area contributed by atoms with Crippen LogP contribution in [0.1, 0.15) is 44.7 Å². The topological polar surface area (TPSA) is 24.8 Å². The van der Waals surface area contributed by atoms with Crippen molar-refractivity contribution in [3.05, 3.63) is 29.3 Å². The van der Waals surface area contributed by atoms with Gasteiger partial charge in [0, 0.05) is 0 Å². The maximum atomic E-state index is 5.65. The number of methoxy groups -OCH3 is 1. The van der Waals surface area contributed by atoms with E-state index in [2.05, 4.69) is 57.7 Å². The number of ether oxygens (including phenoxy) is 1. The van der Waals surface area contributed by atoms with Crippen LogP contribution in [0, 0.1) is 13.8 Å². The second-order valence-electron chi connectivity index (χ2n) is 5.45. The van der Waals surface area contributed by atoms with Gasteiger partial charge in [0.05, 0.1) is 18.8 Å². The lowest BCUT2D eigenvalue weighted by molar-refractivity contribution is 0.219. The maximum absolute atomic E-state index is 5.65. The minimum Gasteiger partial charge on any atom is -0.483 e. The van der Waals surface area contributed by atoms with Crippen LogP contribution in [-0.2, 0) is 4.74 Å². The molecule has 0 aliphatic heterocycles. The van der Waals surface area contributed by atoms with E-state index < -0.39 is 0 Å². The summed E-state index contributed by atoms with van der Waals surface area (Å²) >= 11 is 0. The van der Waals surface area contributed by atoms with Crippen LogP contribution in [0.15, 0.2) is 23.2 Å². The molecule has 0 spiro atoms. The van der Waals surface area contributed by atoms with Gasteiger partial charge in [-0.2, -0.15) is 0 Å². The first-order valence-corrected chi connectivity index (χ1v) is 8.01. The molecule has 1 aromatic carbocycles. The van der Waals surface area contributed by atoms with Crippen molar-refractivity contribution in [2.75, 3.05) is 20.2 Å². The number of aryl methyl sites for hydroxylation is 2. The van der Waals surface area contributed by atoms with Gasteiger partial charge < -0.3 is 4.74 Å². The fourth-order valence-electron chi connectivity index (χ4n) is 2.76. The van der Waals surface area contributed by atoms with E-state index in [4.69, 9.17) is 9.73 Å². The lowest BCUT2D eigenvalue weighted by Crippen LogP contribution is -2.41. The zero-order chi connectivity index (χ0) is 15.8. The van der Waals surface area contributed by atoms with E-state index >= 15 is 0 Å². The molecule has 1 unspecified atom stereocenters. The van der Waals surface area contributed by atoms with Crippen molar-refractivity contribution in [1.29, 1.82) is 0 Å². The highest BCUT2D eigenvalue weighted by molar-refractivity contribution is 5.85. The highest BCUT2D eigenvalue weighted by Gasteiger charge is 2.22. The lowest BCUT2D eigenvalue weighted by Gasteiger charge is -2.29. The number of rotatable bonds is 7. The monoisotopic (exact) mass is 290 g/mol. The molecule has 0 aromatic heterocycles. The average molecular weight is 290 g/mol. The van der Waals surface area contributed by atoms with Gasteiger partial charge in [-0.3, -0.25) is 4.90 Å². The molecule has 0 aliphatic carbocycles. The molecule has 0 amide bonds. The van der Waals surface area contributed by atoms with E-state index in [1.165, 1.54) is 11.1 Å². The van der Waals surface area contributed by atoms with Crippen LogP contribution in [0.4, 0.5) is 5.69 Å². The number of nitrogens with zero attached hydrogens (tertiary/aromatic N) is 2. The molecule has 1 rings (SSSR count). The second kappa shape index (κ2) is 8.83. The first-order chi connectivity index (χ1) is 10.1. The molecule has 0 aliphatic rings. The second-order valence-corrected chi connectivity index (χ2v) is 5.45. The van der Waals surface area contributed by atoms with E-state index in [9.17, 15) is 0 Å². The standard InChI is InChI=1S/C18H30N2O/c1-7-13-20(9-3)16(8-2)18(21-6)19-17-14(4)11-10-12-15(17)5/h10-12,16H,7-9,13H2,1-6H3. The molecule has 3 nitrogen and oxygen atoms in total. The first kappa shape index (κ1) is 17.7. The van der Waals surface area contributed by atoms with Gasteiger partial charge in [-0.1, -0.05) is 39.0 Å². The van der Waals surface area contributed by atoms with E-state index in [1.807, 2.05) is 0 Å². The Kier molecular flexibility index (Phi) is 7.44. The molecule has 0 bridgehead atoms. The molecule has 1 aromatic rings. The van der Waals surface area contributed by atoms with Crippen LogP contribution in [0.3, 0.4) is 0 Å². The summed E-state index contributed by atoms with van der Waals surface area (Å²) in [6, 6.07) is 6.52. The lowest BCUT2D eigenvalue weighted by atomic mass is 10.1. The number of hydrogen-bond acceptors (Lipinski definition) is 3. The van der Waals surface area contributed by atoms with Gasteiger partial charge in [0.25, 0.3) is 0 Å². The van der Waals surface area contributed by atoms with Crippen molar-refractivity contribution in [2.45, 2.75) is 53.5 Å². The zero-order valence-electron chi connectivity index (χ0n) is 14.4. The number of para-hydroxylation sites is 1. The van der Waals surface area contributed by atoms with Crippen LogP contribution in [0.25, 0.3) is 0 Å². The highest BCUT2D eigenvalue weighted by Crippen LogP contribution is 2.24. The summed E-state index contributed by atoms with van der Waals surface area (Å²) in [6.07, 6.45) is 2.15. The Morgan fingerprint density at radius 1 is 1.19 bits per heavy atom. The smallest absolute Gasteiger partial charge is 0.206 e. The normalized spacial score (nSPS) is 13.6. The molecular weight excluding hydrogens is 260 g/mol. The fourth-order valence-corrected chi connectivity index (χ4v) is 2.76. The van der Waals surface area contributed by atoms with Gasteiger partial charge in [0.2, 0.25) is 5.90 Å². The third-order valence-corrected chi connectivity index (χ3v) is 3.90. The van der Waals surface area contributed by atoms with E-state index in [-0.39, 0.29) is 6.04 Å². The summed E-state index contributed by atoms with van der Waals surface area (Å²) in [7, 11) is 1.73. The summed E-state index contributed by atoms with van der Waals surface area (Å²) in [6.45, 7) is 12.9. The van der Waals surface area contributed by atoms with Crippen LogP contribution in [-0.4, -0.2) is 37.0 Å². The van der Waals surface area contributed by atoms with Crippen molar-refractivity contribution in [3.8, 4) is 0 Å². The number of aliphatic imine (C=N–C) groups is 1. The Morgan fingerprint density at radius 2 is 1.81 bits per heavy atom. The molecule has 0 N–H and O–H groups in total. The Labute approximate surface area is 130 Å². The molecule has 0 fully saturated rings. The minimum absolute atomic E-state index is 0.249. The van der Waals surface area contributed by atoms with Crippen molar-refractivity contribution in [2.24, 2.45) is 4.99 Å². The van der Waals surface area contributed by atoms with Crippen LogP contribution < -0.4 is 0 Å². The van der Waals surface area contributed by atoms with Gasteiger partial charge >= 0.3 is 0 Å². The van der Waals surface area contributed by atoms with Crippen LogP contribution >= 0.6 is 0 Å². The highest BCUT2D eigenvalue weighted by atomic mass is 16.5. The van der Waals surface area contributed by atoms with Crippen molar-refractivity contribution in [1.82, 2.24) is 4.90 Å². The Balaban J connectivity index is 3.17. The Hall–Kier alpha value is -1.35. The largest absolute Gasteiger partial charge is 0.483 e. The van der Waals surface area contributed by atoms with Crippen molar-refractivity contribution < 1.29 is 4.74 Å². The molecule has 0 radical (unpaired) electrons. The number of benzene rings is 1. The van der Waals surface area contributed by atoms with E-state index in [0.29, 0.717) is 0 Å². The third kappa shape index (κ3) is 4.57. The minimum atomic E-state index is 0.249. The summed E-state index contributed by atoms with van der Waals surface area (Å²) < 4.78 is 5.65. The molecule has 118 valence electrons. The molecular formula is C18H30N2O. The number of hydrogen-bond donors (Lipinski definition) is 0. The third-order valence-electron chi connectivity index (χ3n) is 3.90. The van der Waals surface area contributed by atoms with Gasteiger partial charge in [-0.15, -0.1) is 0 Å². The van der Waals surface area contributed by atoms with Crippen molar-refractivity contribution >= 4 is 11.6 Å². The fraction of sp³-hybridized carbons (Fsp3) is 0.611. The molecule has 0 saturated heterocycles. The van der Waals surface area contributed by atoms with Gasteiger partial charge in [-0.25, -0.2) is 4.99 Å². The number of likely N-dealkylation sites (N-methyl/N-ethyl adjacent to an activating group) is 1. The molecule has 3 heteroatoms. The summed E-state index contributed by atoms with van der Waals surface area (Å²) in [5.41, 5.74) is 3.43. The summed E-state index contributed by atoms with van der Waals surface area (Å²) in [5, 5.41) is 0. The molecule has 21 heavy (non-hydrogen) atoms. The molecule has 0 heterocycles. The predicted molar refractivity (Wildman–Crippen MR) is 91.6 cm³/mol. The van der Waals surface area contributed by atoms with E-state index in [0.717, 1.165) is 37.5 Å². The average Bonchev–Trinajstić information content (AvgIpc) is 2.48. The summed E-state index contributed by atoms with van der Waals surface area (Å²) in [4.78, 5) is 7.29. The van der Waals surface area contributed by atoms with Gasteiger partial charge in [0.1, 0.15) is 0 Å². The van der Waals surface area contributed by atoms with Crippen molar-refractivity contribution in [3.63, 3.8) is 0 Å². The van der Waals surface area contributed by atoms with Gasteiger partial charge in [0.15, 0.2) is 0 Å².